The molecule has 2 aromatic rings. The zero-order valence-corrected chi connectivity index (χ0v) is 17.0. The van der Waals surface area contributed by atoms with E-state index in [0.29, 0.717) is 23.1 Å². The molecule has 1 saturated heterocycles. The van der Waals surface area contributed by atoms with Crippen LogP contribution in [0.1, 0.15) is 37.3 Å². The van der Waals surface area contributed by atoms with Crippen molar-refractivity contribution in [3.63, 3.8) is 0 Å². The Bertz CT molecular complexity index is 874. The number of benzene rings is 2. The molecule has 0 spiro atoms. The number of ether oxygens (including phenoxy) is 2. The Balaban J connectivity index is 1.51. The number of amides is 1. The van der Waals surface area contributed by atoms with Crippen LogP contribution < -0.4 is 14.8 Å². The van der Waals surface area contributed by atoms with E-state index in [1.54, 1.807) is 18.2 Å². The van der Waals surface area contributed by atoms with Crippen molar-refractivity contribution >= 4 is 11.6 Å². The van der Waals surface area contributed by atoms with Crippen LogP contribution in [-0.4, -0.2) is 37.1 Å². The van der Waals surface area contributed by atoms with Crippen molar-refractivity contribution < 1.29 is 14.3 Å². The molecule has 1 amide bonds. The van der Waals surface area contributed by atoms with E-state index in [1.807, 2.05) is 18.2 Å². The van der Waals surface area contributed by atoms with Crippen LogP contribution in [0.4, 0.5) is 5.69 Å². The van der Waals surface area contributed by atoms with Crippen molar-refractivity contribution in [2.75, 3.05) is 25.6 Å². The zero-order valence-electron chi connectivity index (χ0n) is 17.0. The number of methoxy groups -OCH3 is 1. The second-order valence-electron chi connectivity index (χ2n) is 7.33. The number of nitrogens with one attached hydrogen (secondary N) is 1. The first-order valence-electron chi connectivity index (χ1n) is 9.93. The van der Waals surface area contributed by atoms with Crippen molar-refractivity contribution in [2.24, 2.45) is 0 Å². The fraction of sp³-hybridized carbons (Fsp3) is 0.391. The molecule has 1 fully saturated rings. The maximum Gasteiger partial charge on any atom is 0.262 e. The maximum atomic E-state index is 12.2. The summed E-state index contributed by atoms with van der Waals surface area (Å²) in [5.41, 5.74) is 2.45. The van der Waals surface area contributed by atoms with Gasteiger partial charge in [-0.25, -0.2) is 0 Å². The Hall–Kier alpha value is -3.04. The summed E-state index contributed by atoms with van der Waals surface area (Å²) in [5, 5.41) is 11.8. The molecule has 0 aliphatic carbocycles. The van der Waals surface area contributed by atoms with Gasteiger partial charge in [0.1, 0.15) is 0 Å². The molecule has 1 N–H and O–H groups in total. The van der Waals surface area contributed by atoms with Gasteiger partial charge in [-0.05, 0) is 56.1 Å². The highest BCUT2D eigenvalue weighted by molar-refractivity contribution is 5.91. The van der Waals surface area contributed by atoms with Crippen LogP contribution in [0.2, 0.25) is 0 Å². The first-order chi connectivity index (χ1) is 14.1. The molecule has 0 saturated carbocycles. The third-order valence-electron chi connectivity index (χ3n) is 5.22. The second-order valence-corrected chi connectivity index (χ2v) is 7.33. The lowest BCUT2D eigenvalue weighted by atomic mass is 10.0. The number of nitriles is 1. The average Bonchev–Trinajstić information content (AvgIpc) is 2.75. The molecule has 2 aromatic carbocycles. The van der Waals surface area contributed by atoms with E-state index in [2.05, 4.69) is 29.3 Å². The van der Waals surface area contributed by atoms with Gasteiger partial charge in [-0.1, -0.05) is 18.6 Å². The maximum absolute atomic E-state index is 12.2. The molecule has 1 aliphatic heterocycles. The number of piperidine rings is 1. The number of likely N-dealkylation sites (tertiary alicyclic amines) is 1. The highest BCUT2D eigenvalue weighted by atomic mass is 16.5. The fourth-order valence-corrected chi connectivity index (χ4v) is 3.52. The molecular weight excluding hydrogens is 366 g/mol. The molecule has 1 aliphatic rings. The van der Waals surface area contributed by atoms with Gasteiger partial charge in [0.2, 0.25) is 0 Å². The first kappa shape index (κ1) is 20.7. The van der Waals surface area contributed by atoms with Crippen molar-refractivity contribution in [2.45, 2.75) is 38.8 Å². The summed E-state index contributed by atoms with van der Waals surface area (Å²) in [6, 6.07) is 15.4. The van der Waals surface area contributed by atoms with E-state index in [9.17, 15) is 4.79 Å². The van der Waals surface area contributed by atoms with E-state index in [1.165, 1.54) is 31.9 Å². The summed E-state index contributed by atoms with van der Waals surface area (Å²) >= 11 is 0. The standard InChI is InChI=1S/C23H27N3O3/c1-17-5-3-4-12-26(17)15-18-6-9-20(10-7-18)25-23(27)16-29-21-11-8-19(14-24)13-22(21)28-2/h6-11,13,17H,3-5,12,15-16H2,1-2H3,(H,25,27). The molecule has 6 heteroatoms. The molecule has 1 unspecified atom stereocenters. The smallest absolute Gasteiger partial charge is 0.262 e. The van der Waals surface area contributed by atoms with E-state index >= 15 is 0 Å². The van der Waals surface area contributed by atoms with Gasteiger partial charge in [0.25, 0.3) is 5.91 Å². The first-order valence-corrected chi connectivity index (χ1v) is 9.93. The van der Waals surface area contributed by atoms with Gasteiger partial charge < -0.3 is 14.8 Å². The van der Waals surface area contributed by atoms with Crippen LogP contribution in [0.25, 0.3) is 0 Å². The summed E-state index contributed by atoms with van der Waals surface area (Å²) in [4.78, 5) is 14.7. The molecule has 0 bridgehead atoms. The van der Waals surface area contributed by atoms with Gasteiger partial charge in [-0.15, -0.1) is 0 Å². The molecule has 0 aromatic heterocycles. The van der Waals surface area contributed by atoms with Gasteiger partial charge in [-0.2, -0.15) is 5.26 Å². The van der Waals surface area contributed by atoms with E-state index in [-0.39, 0.29) is 12.5 Å². The minimum Gasteiger partial charge on any atom is -0.493 e. The normalized spacial score (nSPS) is 16.7. The van der Waals surface area contributed by atoms with Gasteiger partial charge >= 0.3 is 0 Å². The summed E-state index contributed by atoms with van der Waals surface area (Å²) in [6.45, 7) is 4.23. The highest BCUT2D eigenvalue weighted by Gasteiger charge is 2.18. The predicted octanol–water partition coefficient (Wildman–Crippen LogP) is 3.96. The van der Waals surface area contributed by atoms with E-state index < -0.39 is 0 Å². The third-order valence-corrected chi connectivity index (χ3v) is 5.22. The molecule has 152 valence electrons. The van der Waals surface area contributed by atoms with Crippen LogP contribution >= 0.6 is 0 Å². The number of carbonyl (C=O) groups is 1. The lowest BCUT2D eigenvalue weighted by Gasteiger charge is -2.33. The van der Waals surface area contributed by atoms with E-state index in [4.69, 9.17) is 14.7 Å². The molecule has 6 nitrogen and oxygen atoms in total. The van der Waals surface area contributed by atoms with Crippen LogP contribution in [0, 0.1) is 11.3 Å². The summed E-state index contributed by atoms with van der Waals surface area (Å²) in [7, 11) is 1.50. The quantitative estimate of drug-likeness (QED) is 0.771. The summed E-state index contributed by atoms with van der Waals surface area (Å²) in [5.74, 6) is 0.592. The van der Waals surface area contributed by atoms with Crippen molar-refractivity contribution in [1.82, 2.24) is 4.90 Å². The lowest BCUT2D eigenvalue weighted by molar-refractivity contribution is -0.118. The van der Waals surface area contributed by atoms with Crippen LogP contribution in [-0.2, 0) is 11.3 Å². The minimum atomic E-state index is -0.256. The minimum absolute atomic E-state index is 0.144. The van der Waals surface area contributed by atoms with Crippen molar-refractivity contribution in [1.29, 1.82) is 5.26 Å². The largest absolute Gasteiger partial charge is 0.493 e. The Kier molecular flexibility index (Phi) is 7.09. The predicted molar refractivity (Wildman–Crippen MR) is 112 cm³/mol. The molecular formula is C23H27N3O3. The van der Waals surface area contributed by atoms with Gasteiger partial charge in [0.05, 0.1) is 18.7 Å². The van der Waals surface area contributed by atoms with Gasteiger partial charge in [-0.3, -0.25) is 9.69 Å². The number of rotatable bonds is 7. The topological polar surface area (TPSA) is 74.6 Å². The van der Waals surface area contributed by atoms with Gasteiger partial charge in [0.15, 0.2) is 18.1 Å². The lowest BCUT2D eigenvalue weighted by Crippen LogP contribution is -2.36. The second kappa shape index (κ2) is 9.94. The molecule has 0 radical (unpaired) electrons. The summed E-state index contributed by atoms with van der Waals surface area (Å²) in [6.07, 6.45) is 3.85. The molecule has 1 atom stereocenters. The Labute approximate surface area is 172 Å². The van der Waals surface area contributed by atoms with Crippen LogP contribution in [0.5, 0.6) is 11.5 Å². The SMILES string of the molecule is COc1cc(C#N)ccc1OCC(=O)Nc1ccc(CN2CCCCC2C)cc1. The fourth-order valence-electron chi connectivity index (χ4n) is 3.52. The molecule has 29 heavy (non-hydrogen) atoms. The number of hydrogen-bond acceptors (Lipinski definition) is 5. The number of hydrogen-bond donors (Lipinski definition) is 1. The van der Waals surface area contributed by atoms with E-state index in [0.717, 1.165) is 18.8 Å². The Morgan fingerprint density at radius 2 is 2.00 bits per heavy atom. The van der Waals surface area contributed by atoms with Crippen LogP contribution in [0.15, 0.2) is 42.5 Å². The highest BCUT2D eigenvalue weighted by Crippen LogP contribution is 2.27. The Morgan fingerprint density at radius 3 is 2.69 bits per heavy atom. The average molecular weight is 393 g/mol. The van der Waals surface area contributed by atoms with Crippen molar-refractivity contribution in [3.8, 4) is 17.6 Å². The monoisotopic (exact) mass is 393 g/mol. The zero-order chi connectivity index (χ0) is 20.6. The number of anilines is 1. The Morgan fingerprint density at radius 1 is 1.21 bits per heavy atom. The van der Waals surface area contributed by atoms with Gasteiger partial charge in [0, 0.05) is 24.3 Å². The summed E-state index contributed by atoms with van der Waals surface area (Å²) < 4.78 is 10.8. The third kappa shape index (κ3) is 5.72. The molecule has 1 heterocycles. The van der Waals surface area contributed by atoms with Crippen molar-refractivity contribution in [3.05, 3.63) is 53.6 Å². The molecule has 3 rings (SSSR count). The number of carbonyl (C=O) groups excluding carboxylic acids is 1. The number of nitrogens with zero attached hydrogens (tertiary/aromatic N) is 2. The van der Waals surface area contributed by atoms with Crippen LogP contribution in [0.3, 0.4) is 0 Å².